The van der Waals surface area contributed by atoms with Crippen LogP contribution < -0.4 is 5.32 Å². The van der Waals surface area contributed by atoms with Crippen LogP contribution in [0.5, 0.6) is 0 Å². The van der Waals surface area contributed by atoms with Crippen molar-refractivity contribution in [2.24, 2.45) is 0 Å². The van der Waals surface area contributed by atoms with Gasteiger partial charge in [-0.2, -0.15) is 0 Å². The molecular formula is C24H35N3O6. The lowest BCUT2D eigenvalue weighted by atomic mass is 9.98. The first kappa shape index (κ1) is 24.8. The van der Waals surface area contributed by atoms with Gasteiger partial charge >= 0.3 is 12.2 Å². The van der Waals surface area contributed by atoms with Crippen LogP contribution in [0.15, 0.2) is 30.3 Å². The fourth-order valence-electron chi connectivity index (χ4n) is 4.06. The van der Waals surface area contributed by atoms with Gasteiger partial charge < -0.3 is 24.8 Å². The van der Waals surface area contributed by atoms with Gasteiger partial charge in [0.25, 0.3) is 0 Å². The number of piperidine rings is 2. The van der Waals surface area contributed by atoms with Crippen LogP contribution >= 0.6 is 0 Å². The monoisotopic (exact) mass is 461 g/mol. The van der Waals surface area contributed by atoms with Crippen molar-refractivity contribution in [1.29, 1.82) is 0 Å². The summed E-state index contributed by atoms with van der Waals surface area (Å²) in [5.74, 6) is -0.252. The van der Waals surface area contributed by atoms with E-state index in [0.717, 1.165) is 5.56 Å². The summed E-state index contributed by atoms with van der Waals surface area (Å²) in [6, 6.07) is 8.73. The molecule has 2 atom stereocenters. The third-order valence-electron chi connectivity index (χ3n) is 5.79. The number of rotatable bonds is 4. The van der Waals surface area contributed by atoms with E-state index in [1.165, 1.54) is 4.90 Å². The van der Waals surface area contributed by atoms with Gasteiger partial charge in [0.05, 0.1) is 12.6 Å². The second kappa shape index (κ2) is 10.9. The number of β-amino-alcohol motifs (C(OH)–C–C–N with tert-alkyl or cyclic N) is 1. The molecule has 2 N–H and O–H groups in total. The van der Waals surface area contributed by atoms with Crippen LogP contribution in [0.2, 0.25) is 0 Å². The highest BCUT2D eigenvalue weighted by Crippen LogP contribution is 2.22. The van der Waals surface area contributed by atoms with E-state index in [1.54, 1.807) is 25.7 Å². The van der Waals surface area contributed by atoms with Gasteiger partial charge in [-0.15, -0.1) is 0 Å². The SMILES string of the molecule is CC(C)(C)OC(=O)N1C[C@@H](O)CCC1C(=O)NC1CCN(C(=O)OCc2ccccc2)CC1. The summed E-state index contributed by atoms with van der Waals surface area (Å²) in [7, 11) is 0. The number of aliphatic hydroxyl groups is 1. The largest absolute Gasteiger partial charge is 0.445 e. The van der Waals surface area contributed by atoms with E-state index >= 15 is 0 Å². The Labute approximate surface area is 195 Å². The highest BCUT2D eigenvalue weighted by molar-refractivity contribution is 5.86. The highest BCUT2D eigenvalue weighted by Gasteiger charge is 2.38. The zero-order valence-electron chi connectivity index (χ0n) is 19.7. The topological polar surface area (TPSA) is 108 Å². The predicted molar refractivity (Wildman–Crippen MR) is 121 cm³/mol. The normalized spacial score (nSPS) is 21.9. The first-order valence-corrected chi connectivity index (χ1v) is 11.6. The maximum atomic E-state index is 13.0. The molecule has 1 aromatic rings. The maximum Gasteiger partial charge on any atom is 0.411 e. The molecule has 2 aliphatic heterocycles. The van der Waals surface area contributed by atoms with Crippen molar-refractivity contribution in [2.45, 2.75) is 76.9 Å². The van der Waals surface area contributed by atoms with Crippen molar-refractivity contribution in [3.63, 3.8) is 0 Å². The summed E-state index contributed by atoms with van der Waals surface area (Å²) >= 11 is 0. The van der Waals surface area contributed by atoms with E-state index in [-0.39, 0.29) is 31.2 Å². The number of amides is 3. The fourth-order valence-corrected chi connectivity index (χ4v) is 4.06. The molecule has 3 rings (SSSR count). The molecule has 3 amide bonds. The molecule has 2 saturated heterocycles. The van der Waals surface area contributed by atoms with Gasteiger partial charge in [-0.05, 0) is 52.0 Å². The summed E-state index contributed by atoms with van der Waals surface area (Å²) in [6.45, 7) is 6.55. The zero-order chi connectivity index (χ0) is 24.0. The molecule has 0 spiro atoms. The van der Waals surface area contributed by atoms with Crippen LogP contribution in [0.4, 0.5) is 9.59 Å². The van der Waals surface area contributed by atoms with E-state index in [9.17, 15) is 19.5 Å². The molecule has 1 aromatic carbocycles. The Bertz CT molecular complexity index is 817. The van der Waals surface area contributed by atoms with Gasteiger partial charge in [-0.25, -0.2) is 9.59 Å². The smallest absolute Gasteiger partial charge is 0.411 e. The van der Waals surface area contributed by atoms with Crippen LogP contribution in [0.3, 0.4) is 0 Å². The first-order chi connectivity index (χ1) is 15.6. The number of benzene rings is 1. The molecule has 2 fully saturated rings. The minimum atomic E-state index is -0.692. The third-order valence-corrected chi connectivity index (χ3v) is 5.79. The zero-order valence-corrected chi connectivity index (χ0v) is 19.7. The number of nitrogens with zero attached hydrogens (tertiary/aromatic N) is 2. The third kappa shape index (κ3) is 7.35. The number of carbonyl (C=O) groups excluding carboxylic acids is 3. The summed E-state index contributed by atoms with van der Waals surface area (Å²) in [5.41, 5.74) is 0.239. The second-order valence-electron chi connectivity index (χ2n) is 9.69. The Kier molecular flexibility index (Phi) is 8.18. The number of aliphatic hydroxyl groups excluding tert-OH is 1. The van der Waals surface area contributed by atoms with Gasteiger partial charge in [0, 0.05) is 19.1 Å². The van der Waals surface area contributed by atoms with Crippen molar-refractivity contribution in [2.75, 3.05) is 19.6 Å². The number of hydrogen-bond acceptors (Lipinski definition) is 6. The van der Waals surface area contributed by atoms with E-state index in [2.05, 4.69) is 5.32 Å². The summed E-state index contributed by atoms with van der Waals surface area (Å²) in [6.07, 6.45) is 0.395. The molecular weight excluding hydrogens is 426 g/mol. The Balaban J connectivity index is 1.48. The number of nitrogens with one attached hydrogen (secondary N) is 1. The second-order valence-corrected chi connectivity index (χ2v) is 9.69. The number of ether oxygens (including phenoxy) is 2. The summed E-state index contributed by atoms with van der Waals surface area (Å²) in [4.78, 5) is 40.9. The molecule has 0 saturated carbocycles. The van der Waals surface area contributed by atoms with Gasteiger partial charge in [0.2, 0.25) is 5.91 Å². The van der Waals surface area contributed by atoms with Crippen molar-refractivity contribution < 1.29 is 29.0 Å². The molecule has 2 heterocycles. The molecule has 33 heavy (non-hydrogen) atoms. The lowest BCUT2D eigenvalue weighted by Gasteiger charge is -2.39. The first-order valence-electron chi connectivity index (χ1n) is 11.6. The minimum Gasteiger partial charge on any atom is -0.445 e. The molecule has 1 unspecified atom stereocenters. The van der Waals surface area contributed by atoms with Crippen molar-refractivity contribution >= 4 is 18.1 Å². The fraction of sp³-hybridized carbons (Fsp3) is 0.625. The van der Waals surface area contributed by atoms with E-state index < -0.39 is 23.8 Å². The predicted octanol–water partition coefficient (Wildman–Crippen LogP) is 2.66. The Morgan fingerprint density at radius 3 is 2.33 bits per heavy atom. The quantitative estimate of drug-likeness (QED) is 0.714. The molecule has 2 aliphatic rings. The Morgan fingerprint density at radius 1 is 1.03 bits per heavy atom. The van der Waals surface area contributed by atoms with Crippen molar-refractivity contribution in [1.82, 2.24) is 15.1 Å². The van der Waals surface area contributed by atoms with E-state index in [1.807, 2.05) is 30.3 Å². The minimum absolute atomic E-state index is 0.0682. The molecule has 9 heteroatoms. The van der Waals surface area contributed by atoms with E-state index in [0.29, 0.717) is 38.8 Å². The molecule has 9 nitrogen and oxygen atoms in total. The van der Waals surface area contributed by atoms with Crippen LogP contribution in [0.25, 0.3) is 0 Å². The van der Waals surface area contributed by atoms with Crippen LogP contribution in [-0.2, 0) is 20.9 Å². The molecule has 0 aliphatic carbocycles. The van der Waals surface area contributed by atoms with Gasteiger partial charge in [0.15, 0.2) is 0 Å². The average molecular weight is 462 g/mol. The molecule has 182 valence electrons. The Hall–Kier alpha value is -2.81. The maximum absolute atomic E-state index is 13.0. The standard InChI is InChI=1S/C24H35N3O6/c1-24(2,3)33-23(31)27-15-19(28)9-10-20(27)21(29)25-18-11-13-26(14-12-18)22(30)32-16-17-7-5-4-6-8-17/h4-8,18-20,28H,9-16H2,1-3H3,(H,25,29)/t19-,20?/m0/s1. The van der Waals surface area contributed by atoms with Crippen LogP contribution in [0.1, 0.15) is 52.0 Å². The van der Waals surface area contributed by atoms with Crippen molar-refractivity contribution in [3.8, 4) is 0 Å². The average Bonchev–Trinajstić information content (AvgIpc) is 2.77. The van der Waals surface area contributed by atoms with E-state index in [4.69, 9.17) is 9.47 Å². The molecule has 0 radical (unpaired) electrons. The van der Waals surface area contributed by atoms with Crippen LogP contribution in [-0.4, -0.2) is 76.4 Å². The lowest BCUT2D eigenvalue weighted by molar-refractivity contribution is -0.130. The highest BCUT2D eigenvalue weighted by atomic mass is 16.6. The van der Waals surface area contributed by atoms with Gasteiger partial charge in [-0.1, -0.05) is 30.3 Å². The van der Waals surface area contributed by atoms with Crippen molar-refractivity contribution in [3.05, 3.63) is 35.9 Å². The summed E-state index contributed by atoms with van der Waals surface area (Å²) in [5, 5.41) is 13.0. The molecule has 0 aromatic heterocycles. The van der Waals surface area contributed by atoms with Gasteiger partial charge in [0.1, 0.15) is 18.2 Å². The summed E-state index contributed by atoms with van der Waals surface area (Å²) < 4.78 is 10.8. The van der Waals surface area contributed by atoms with Gasteiger partial charge in [-0.3, -0.25) is 9.69 Å². The molecule has 0 bridgehead atoms. The lowest BCUT2D eigenvalue weighted by Crippen LogP contribution is -2.58. The number of likely N-dealkylation sites (tertiary alicyclic amines) is 2. The number of carbonyl (C=O) groups is 3. The number of hydrogen-bond donors (Lipinski definition) is 2. The Morgan fingerprint density at radius 2 is 1.70 bits per heavy atom. The van der Waals surface area contributed by atoms with Crippen LogP contribution in [0, 0.1) is 0 Å².